The van der Waals surface area contributed by atoms with E-state index in [0.29, 0.717) is 5.69 Å². The summed E-state index contributed by atoms with van der Waals surface area (Å²) in [6.07, 6.45) is 0. The number of anilines is 1. The second kappa shape index (κ2) is 3.40. The first-order valence-corrected chi connectivity index (χ1v) is 3.73. The van der Waals surface area contributed by atoms with Crippen molar-refractivity contribution in [3.8, 4) is 0 Å². The first-order chi connectivity index (χ1) is 5.65. The number of hydrogen-bond acceptors (Lipinski definition) is 3. The van der Waals surface area contributed by atoms with E-state index in [1.807, 2.05) is 0 Å². The van der Waals surface area contributed by atoms with Crippen molar-refractivity contribution in [1.29, 1.82) is 0 Å². The van der Waals surface area contributed by atoms with Crippen molar-refractivity contribution in [2.75, 3.05) is 5.73 Å². The van der Waals surface area contributed by atoms with Gasteiger partial charge in [-0.25, -0.2) is 9.78 Å². The van der Waals surface area contributed by atoms with Crippen molar-refractivity contribution in [1.82, 2.24) is 4.98 Å². The molecule has 0 saturated heterocycles. The molecule has 0 bridgehead atoms. The topological polar surface area (TPSA) is 76.2 Å². The third kappa shape index (κ3) is 1.65. The summed E-state index contributed by atoms with van der Waals surface area (Å²) in [7, 11) is 0. The smallest absolute Gasteiger partial charge is 0.356 e. The lowest BCUT2D eigenvalue weighted by Gasteiger charge is -2.00. The summed E-state index contributed by atoms with van der Waals surface area (Å²) < 4.78 is 0. The molecule has 0 aliphatic heterocycles. The van der Waals surface area contributed by atoms with Crippen LogP contribution >= 0.6 is 11.6 Å². The molecule has 0 aromatic carbocycles. The lowest BCUT2D eigenvalue weighted by atomic mass is 10.2. The highest BCUT2D eigenvalue weighted by molar-refractivity contribution is 6.16. The highest BCUT2D eigenvalue weighted by Crippen LogP contribution is 2.10. The van der Waals surface area contributed by atoms with Gasteiger partial charge in [0.15, 0.2) is 5.69 Å². The number of halogens is 1. The molecule has 0 unspecified atom stereocenters. The van der Waals surface area contributed by atoms with Crippen molar-refractivity contribution in [3.05, 3.63) is 23.5 Å². The average Bonchev–Trinajstić information content (AvgIpc) is 2.05. The minimum Gasteiger partial charge on any atom is -0.476 e. The highest BCUT2D eigenvalue weighted by atomic mass is 35.5. The maximum atomic E-state index is 10.5. The van der Waals surface area contributed by atoms with E-state index in [0.717, 1.165) is 0 Å². The van der Waals surface area contributed by atoms with E-state index in [2.05, 4.69) is 4.98 Å². The summed E-state index contributed by atoms with van der Waals surface area (Å²) in [5.41, 5.74) is 5.87. The summed E-state index contributed by atoms with van der Waals surface area (Å²) in [6, 6.07) is 3.07. The number of hydrogen-bond donors (Lipinski definition) is 2. The summed E-state index contributed by atoms with van der Waals surface area (Å²) in [6.45, 7) is 0. The Bertz CT molecular complexity index is 314. The Morgan fingerprint density at radius 3 is 2.83 bits per heavy atom. The van der Waals surface area contributed by atoms with Crippen LogP contribution in [0.3, 0.4) is 0 Å². The van der Waals surface area contributed by atoms with Crippen LogP contribution in [0.4, 0.5) is 5.69 Å². The van der Waals surface area contributed by atoms with E-state index in [-0.39, 0.29) is 17.3 Å². The molecule has 0 radical (unpaired) electrons. The maximum absolute atomic E-state index is 10.5. The third-order valence-electron chi connectivity index (χ3n) is 1.32. The quantitative estimate of drug-likeness (QED) is 0.679. The first-order valence-electron chi connectivity index (χ1n) is 3.20. The number of pyridine rings is 1. The van der Waals surface area contributed by atoms with Crippen LogP contribution < -0.4 is 5.73 Å². The van der Waals surface area contributed by atoms with Gasteiger partial charge in [0.2, 0.25) is 0 Å². The number of rotatable bonds is 2. The Morgan fingerprint density at radius 1 is 1.67 bits per heavy atom. The fraction of sp³-hybridized carbons (Fsp3) is 0.143. The van der Waals surface area contributed by atoms with Gasteiger partial charge in [-0.1, -0.05) is 0 Å². The second-order valence-electron chi connectivity index (χ2n) is 2.18. The van der Waals surface area contributed by atoms with E-state index in [4.69, 9.17) is 22.4 Å². The monoisotopic (exact) mass is 186 g/mol. The molecule has 3 N–H and O–H groups in total. The van der Waals surface area contributed by atoms with Gasteiger partial charge in [-0.3, -0.25) is 0 Å². The van der Waals surface area contributed by atoms with Crippen molar-refractivity contribution in [2.45, 2.75) is 5.88 Å². The normalized spacial score (nSPS) is 9.75. The van der Waals surface area contributed by atoms with Crippen LogP contribution in [0.2, 0.25) is 0 Å². The predicted molar refractivity (Wildman–Crippen MR) is 45.2 cm³/mol. The largest absolute Gasteiger partial charge is 0.476 e. The van der Waals surface area contributed by atoms with E-state index in [1.165, 1.54) is 6.07 Å². The predicted octanol–water partition coefficient (Wildman–Crippen LogP) is 1.10. The van der Waals surface area contributed by atoms with Crippen LogP contribution in [0.1, 0.15) is 16.2 Å². The molecule has 0 amide bonds. The molecule has 1 rings (SSSR count). The zero-order valence-corrected chi connectivity index (χ0v) is 6.88. The van der Waals surface area contributed by atoms with E-state index < -0.39 is 5.97 Å². The van der Waals surface area contributed by atoms with Gasteiger partial charge >= 0.3 is 5.97 Å². The molecule has 0 spiro atoms. The summed E-state index contributed by atoms with van der Waals surface area (Å²) in [4.78, 5) is 14.2. The highest BCUT2D eigenvalue weighted by Gasteiger charge is 2.09. The number of aromatic nitrogens is 1. The maximum Gasteiger partial charge on any atom is 0.356 e. The van der Waals surface area contributed by atoms with Gasteiger partial charge in [0.05, 0.1) is 17.3 Å². The summed E-state index contributed by atoms with van der Waals surface area (Å²) in [5.74, 6) is -0.958. The van der Waals surface area contributed by atoms with Gasteiger partial charge < -0.3 is 10.8 Å². The van der Waals surface area contributed by atoms with Crippen molar-refractivity contribution < 1.29 is 9.90 Å². The molecule has 0 aliphatic rings. The van der Waals surface area contributed by atoms with Gasteiger partial charge in [0.25, 0.3) is 0 Å². The van der Waals surface area contributed by atoms with Crippen LogP contribution in [-0.2, 0) is 5.88 Å². The molecule has 0 fully saturated rings. The van der Waals surface area contributed by atoms with Crippen molar-refractivity contribution in [3.63, 3.8) is 0 Å². The molecular weight excluding hydrogens is 180 g/mol. The van der Waals surface area contributed by atoms with Crippen molar-refractivity contribution in [2.24, 2.45) is 0 Å². The number of carboxylic acids is 1. The lowest BCUT2D eigenvalue weighted by Crippen LogP contribution is -2.06. The van der Waals surface area contributed by atoms with Crippen LogP contribution in [-0.4, -0.2) is 16.1 Å². The molecular formula is C7H7ClN2O2. The van der Waals surface area contributed by atoms with Gasteiger partial charge in [-0.2, -0.15) is 0 Å². The zero-order chi connectivity index (χ0) is 9.14. The number of aromatic carboxylic acids is 1. The number of nitrogen functional groups attached to an aromatic ring is 1. The Labute approximate surface area is 74.0 Å². The van der Waals surface area contributed by atoms with Crippen molar-refractivity contribution >= 4 is 23.3 Å². The minimum atomic E-state index is -1.14. The lowest BCUT2D eigenvalue weighted by molar-refractivity contribution is 0.0691. The molecule has 0 atom stereocenters. The molecule has 1 aromatic heterocycles. The van der Waals surface area contributed by atoms with E-state index in [9.17, 15) is 4.79 Å². The average molecular weight is 187 g/mol. The first kappa shape index (κ1) is 8.80. The molecule has 1 aromatic rings. The minimum absolute atomic E-state index is 0.145. The van der Waals surface area contributed by atoms with Gasteiger partial charge in [0.1, 0.15) is 0 Å². The molecule has 4 nitrogen and oxygen atoms in total. The Kier molecular flexibility index (Phi) is 2.50. The zero-order valence-electron chi connectivity index (χ0n) is 6.12. The van der Waals surface area contributed by atoms with Crippen LogP contribution in [0.15, 0.2) is 12.1 Å². The van der Waals surface area contributed by atoms with Gasteiger partial charge in [-0.05, 0) is 12.1 Å². The molecule has 5 heteroatoms. The van der Waals surface area contributed by atoms with Crippen LogP contribution in [0.5, 0.6) is 0 Å². The summed E-state index contributed by atoms with van der Waals surface area (Å²) in [5, 5.41) is 8.60. The Morgan fingerprint density at radius 2 is 2.33 bits per heavy atom. The fourth-order valence-corrected chi connectivity index (χ4v) is 0.905. The molecule has 0 aliphatic carbocycles. The van der Waals surface area contributed by atoms with Gasteiger partial charge in [-0.15, -0.1) is 11.6 Å². The number of carboxylic acid groups (broad SMARTS) is 1. The number of nitrogens with two attached hydrogens (primary N) is 1. The molecule has 64 valence electrons. The standard InChI is InChI=1S/C7H7ClN2O2/c8-3-4-1-2-5(9)6(10-4)7(11)12/h1-2H,3,9H2,(H,11,12). The number of carbonyl (C=O) groups is 1. The Balaban J connectivity index is 3.17. The van der Waals surface area contributed by atoms with E-state index in [1.54, 1.807) is 6.07 Å². The number of nitrogens with zero attached hydrogens (tertiary/aromatic N) is 1. The second-order valence-corrected chi connectivity index (χ2v) is 2.45. The van der Waals surface area contributed by atoms with Crippen LogP contribution in [0, 0.1) is 0 Å². The SMILES string of the molecule is Nc1ccc(CCl)nc1C(=O)O. The van der Waals surface area contributed by atoms with E-state index >= 15 is 0 Å². The molecule has 1 heterocycles. The summed E-state index contributed by atoms with van der Waals surface area (Å²) >= 11 is 5.46. The molecule has 0 saturated carbocycles. The fourth-order valence-electron chi connectivity index (χ4n) is 0.756. The van der Waals surface area contributed by atoms with Crippen LogP contribution in [0.25, 0.3) is 0 Å². The van der Waals surface area contributed by atoms with Gasteiger partial charge in [0, 0.05) is 0 Å². The Hall–Kier alpha value is -1.29. The molecule has 12 heavy (non-hydrogen) atoms. The third-order valence-corrected chi connectivity index (χ3v) is 1.60. The number of alkyl halides is 1.